The highest BCUT2D eigenvalue weighted by atomic mass is 32.2. The zero-order valence-corrected chi connectivity index (χ0v) is 18.9. The van der Waals surface area contributed by atoms with E-state index in [0.29, 0.717) is 18.2 Å². The summed E-state index contributed by atoms with van der Waals surface area (Å²) < 4.78 is 68.3. The number of benzene rings is 1. The fourth-order valence-corrected chi connectivity index (χ4v) is 4.76. The van der Waals surface area contributed by atoms with Crippen LogP contribution in [-0.4, -0.2) is 30.3 Å². The Morgan fingerprint density at radius 2 is 1.65 bits per heavy atom. The van der Waals surface area contributed by atoms with E-state index in [1.165, 1.54) is 16.7 Å². The third kappa shape index (κ3) is 5.83. The average Bonchev–Trinajstić information content (AvgIpc) is 3.20. The van der Waals surface area contributed by atoms with Gasteiger partial charge in [-0.3, -0.25) is 0 Å². The Morgan fingerprint density at radius 1 is 1.03 bits per heavy atom. The first-order valence-electron chi connectivity index (χ1n) is 10.5. The quantitative estimate of drug-likeness (QED) is 0.628. The summed E-state index contributed by atoms with van der Waals surface area (Å²) in [5.74, 6) is 0.340. The topological polar surface area (TPSA) is 63.1 Å². The monoisotopic (exact) mass is 457 g/mol. The van der Waals surface area contributed by atoms with Gasteiger partial charge in [-0.2, -0.15) is 13.2 Å². The molecule has 0 amide bonds. The van der Waals surface area contributed by atoms with Gasteiger partial charge in [0, 0.05) is 30.7 Å². The average molecular weight is 458 g/mol. The second-order valence-electron chi connectivity index (χ2n) is 9.15. The molecule has 1 heterocycles. The normalized spacial score (nSPS) is 20.6. The van der Waals surface area contributed by atoms with Crippen LogP contribution in [-0.2, 0) is 16.2 Å². The number of nitrogens with one attached hydrogen (secondary N) is 2. The van der Waals surface area contributed by atoms with Gasteiger partial charge in [-0.1, -0.05) is 0 Å². The summed E-state index contributed by atoms with van der Waals surface area (Å²) in [4.78, 5) is 0. The van der Waals surface area contributed by atoms with Gasteiger partial charge in [0.2, 0.25) is 10.0 Å². The molecule has 1 aliphatic rings. The van der Waals surface area contributed by atoms with E-state index in [2.05, 4.69) is 10.0 Å². The highest BCUT2D eigenvalue weighted by Gasteiger charge is 2.34. The Balaban J connectivity index is 1.60. The lowest BCUT2D eigenvalue weighted by Crippen LogP contribution is -2.46. The second-order valence-corrected chi connectivity index (χ2v) is 11.6. The number of anilines is 1. The maximum atomic E-state index is 13.4. The van der Waals surface area contributed by atoms with Crippen molar-refractivity contribution < 1.29 is 21.6 Å². The number of nitrogens with zero attached hydrogens (tertiary/aromatic N) is 1. The molecule has 172 valence electrons. The summed E-state index contributed by atoms with van der Waals surface area (Å²) in [5, 5.41) is 3.26. The summed E-state index contributed by atoms with van der Waals surface area (Å²) in [7, 11) is -3.37. The van der Waals surface area contributed by atoms with Crippen LogP contribution in [0.25, 0.3) is 5.69 Å². The molecule has 0 radical (unpaired) electrons. The lowest BCUT2D eigenvalue weighted by Gasteiger charge is -2.31. The molecule has 0 atom stereocenters. The van der Waals surface area contributed by atoms with E-state index in [-0.39, 0.29) is 11.7 Å². The number of halogens is 3. The van der Waals surface area contributed by atoms with Crippen molar-refractivity contribution in [1.29, 1.82) is 0 Å². The molecule has 2 aromatic rings. The van der Waals surface area contributed by atoms with E-state index in [1.54, 1.807) is 45.3 Å². The van der Waals surface area contributed by atoms with Gasteiger partial charge in [-0.25, -0.2) is 13.1 Å². The first kappa shape index (κ1) is 23.7. The van der Waals surface area contributed by atoms with Crippen molar-refractivity contribution in [2.24, 2.45) is 5.92 Å². The van der Waals surface area contributed by atoms with Crippen LogP contribution in [0.4, 0.5) is 18.9 Å². The minimum absolute atomic E-state index is 0.0631. The standard InChI is InChI=1S/C22H30F3N3O2S/c1-21(2,3)31(29,30)27-17-8-6-16(7-9-17)15-26-18-10-11-19(22(23,24)25)20(14-18)28-12-4-5-13-28/h4-5,10-14,16-17,26-27H,6-9,15H2,1-3H3. The van der Waals surface area contributed by atoms with Crippen LogP contribution < -0.4 is 10.0 Å². The van der Waals surface area contributed by atoms with E-state index < -0.39 is 26.5 Å². The molecule has 3 rings (SSSR count). The number of sulfonamides is 1. The summed E-state index contributed by atoms with van der Waals surface area (Å²) in [6.45, 7) is 5.67. The predicted octanol–water partition coefficient (Wildman–Crippen LogP) is 5.18. The predicted molar refractivity (Wildman–Crippen MR) is 117 cm³/mol. The van der Waals surface area contributed by atoms with Crippen LogP contribution in [0, 0.1) is 5.92 Å². The summed E-state index contributed by atoms with van der Waals surface area (Å²) in [6.07, 6.45) is 1.97. The summed E-state index contributed by atoms with van der Waals surface area (Å²) in [5.41, 5.74) is 0.0379. The van der Waals surface area contributed by atoms with Gasteiger partial charge in [-0.15, -0.1) is 0 Å². The zero-order chi connectivity index (χ0) is 22.9. The van der Waals surface area contributed by atoms with Crippen LogP contribution >= 0.6 is 0 Å². The van der Waals surface area contributed by atoms with Crippen molar-refractivity contribution in [3.63, 3.8) is 0 Å². The van der Waals surface area contributed by atoms with Gasteiger partial charge >= 0.3 is 6.18 Å². The summed E-state index contributed by atoms with van der Waals surface area (Å²) in [6, 6.07) is 7.40. The fraction of sp³-hybridized carbons (Fsp3) is 0.545. The first-order chi connectivity index (χ1) is 14.4. The SMILES string of the molecule is CC(C)(C)S(=O)(=O)NC1CCC(CNc2ccc(C(F)(F)F)c(-n3cccc3)c2)CC1. The number of hydrogen-bond acceptors (Lipinski definition) is 3. The van der Waals surface area contributed by atoms with Crippen molar-refractivity contribution in [3.05, 3.63) is 48.3 Å². The Labute approximate surface area is 182 Å². The van der Waals surface area contributed by atoms with Crippen LogP contribution in [0.2, 0.25) is 0 Å². The Hall–Kier alpha value is -2.00. The Kier molecular flexibility index (Phi) is 6.76. The van der Waals surface area contributed by atoms with E-state index in [1.807, 2.05) is 0 Å². The Morgan fingerprint density at radius 3 is 2.19 bits per heavy atom. The van der Waals surface area contributed by atoms with Crippen molar-refractivity contribution >= 4 is 15.7 Å². The van der Waals surface area contributed by atoms with Gasteiger partial charge in [0.1, 0.15) is 0 Å². The molecule has 0 aliphatic heterocycles. The maximum Gasteiger partial charge on any atom is 0.418 e. The minimum atomic E-state index is -4.43. The van der Waals surface area contributed by atoms with Crippen molar-refractivity contribution in [2.75, 3.05) is 11.9 Å². The number of aromatic nitrogens is 1. The van der Waals surface area contributed by atoms with Crippen molar-refractivity contribution in [1.82, 2.24) is 9.29 Å². The summed E-state index contributed by atoms with van der Waals surface area (Å²) >= 11 is 0. The molecule has 1 aromatic carbocycles. The minimum Gasteiger partial charge on any atom is -0.385 e. The van der Waals surface area contributed by atoms with Crippen molar-refractivity contribution in [2.45, 2.75) is 63.4 Å². The third-order valence-electron chi connectivity index (χ3n) is 5.76. The largest absolute Gasteiger partial charge is 0.418 e. The molecule has 1 saturated carbocycles. The molecule has 2 N–H and O–H groups in total. The van der Waals surface area contributed by atoms with Gasteiger partial charge in [0.15, 0.2) is 0 Å². The third-order valence-corrected chi connectivity index (χ3v) is 8.01. The number of hydrogen-bond donors (Lipinski definition) is 2. The van der Waals surface area contributed by atoms with Crippen LogP contribution in [0.3, 0.4) is 0 Å². The fourth-order valence-electron chi connectivity index (χ4n) is 3.73. The van der Waals surface area contributed by atoms with Crippen molar-refractivity contribution in [3.8, 4) is 5.69 Å². The number of rotatable bonds is 6. The van der Waals surface area contributed by atoms with Gasteiger partial charge in [0.05, 0.1) is 16.0 Å². The van der Waals surface area contributed by atoms with E-state index in [0.717, 1.165) is 31.7 Å². The van der Waals surface area contributed by atoms with E-state index >= 15 is 0 Å². The van der Waals surface area contributed by atoms with Gasteiger partial charge in [-0.05, 0) is 82.7 Å². The zero-order valence-electron chi connectivity index (χ0n) is 18.0. The highest BCUT2D eigenvalue weighted by Crippen LogP contribution is 2.35. The molecule has 0 bridgehead atoms. The first-order valence-corrected chi connectivity index (χ1v) is 12.0. The molecular formula is C22H30F3N3O2S. The van der Waals surface area contributed by atoms with Gasteiger partial charge in [0.25, 0.3) is 0 Å². The molecule has 0 saturated heterocycles. The van der Waals surface area contributed by atoms with Crippen LogP contribution in [0.1, 0.15) is 52.0 Å². The molecule has 0 spiro atoms. The smallest absolute Gasteiger partial charge is 0.385 e. The molecule has 1 fully saturated rings. The molecular weight excluding hydrogens is 427 g/mol. The molecule has 1 aromatic heterocycles. The lowest BCUT2D eigenvalue weighted by atomic mass is 9.86. The highest BCUT2D eigenvalue weighted by molar-refractivity contribution is 7.90. The van der Waals surface area contributed by atoms with Crippen LogP contribution in [0.5, 0.6) is 0 Å². The van der Waals surface area contributed by atoms with Crippen LogP contribution in [0.15, 0.2) is 42.7 Å². The lowest BCUT2D eigenvalue weighted by molar-refractivity contribution is -0.137. The molecule has 9 heteroatoms. The Bertz CT molecular complexity index is 972. The number of alkyl halides is 3. The van der Waals surface area contributed by atoms with Gasteiger partial charge < -0.3 is 9.88 Å². The van der Waals surface area contributed by atoms with E-state index in [4.69, 9.17) is 0 Å². The molecule has 31 heavy (non-hydrogen) atoms. The second kappa shape index (κ2) is 8.86. The maximum absolute atomic E-state index is 13.4. The molecule has 0 unspecified atom stereocenters. The molecule has 5 nitrogen and oxygen atoms in total. The van der Waals surface area contributed by atoms with E-state index in [9.17, 15) is 21.6 Å². The molecule has 1 aliphatic carbocycles.